The van der Waals surface area contributed by atoms with Crippen molar-refractivity contribution in [2.24, 2.45) is 0 Å². The molecule has 0 aromatic heterocycles. The maximum Gasteiger partial charge on any atom is 0.330 e. The molecule has 18 heavy (non-hydrogen) atoms. The monoisotopic (exact) mass is 348 g/mol. The van der Waals surface area contributed by atoms with Crippen LogP contribution >= 0.6 is 27.0 Å². The molecule has 0 radical (unpaired) electrons. The Morgan fingerprint density at radius 2 is 1.94 bits per heavy atom. The first-order chi connectivity index (χ1) is 8.22. The van der Waals surface area contributed by atoms with Gasteiger partial charge in [0.2, 0.25) is 0 Å². The fourth-order valence-electron chi connectivity index (χ4n) is 0.843. The predicted molar refractivity (Wildman–Crippen MR) is 84.4 cm³/mol. The standard InChI is InChI=1S/C10H9BrO2.C3H9ClSi/c1-13-10(12)6-5-8-3-2-4-9(11)7-8;1-5(2,3)4/h2-7H,1H3;1-3H3. The smallest absolute Gasteiger partial charge is 0.330 e. The molecule has 0 unspecified atom stereocenters. The molecule has 100 valence electrons. The lowest BCUT2D eigenvalue weighted by Gasteiger charge is -1.97. The van der Waals surface area contributed by atoms with Gasteiger partial charge < -0.3 is 4.74 Å². The van der Waals surface area contributed by atoms with Crippen LogP contribution in [0.15, 0.2) is 34.8 Å². The highest BCUT2D eigenvalue weighted by atomic mass is 79.9. The lowest BCUT2D eigenvalue weighted by atomic mass is 10.2. The Balaban J connectivity index is 0.000000494. The molecular weight excluding hydrogens is 332 g/mol. The molecule has 0 heterocycles. The quantitative estimate of drug-likeness (QED) is 0.335. The summed E-state index contributed by atoms with van der Waals surface area (Å²) in [5.41, 5.74) is 0.958. The molecule has 0 aliphatic heterocycles. The van der Waals surface area contributed by atoms with Crippen LogP contribution < -0.4 is 0 Å². The molecule has 0 saturated carbocycles. The molecule has 0 saturated heterocycles. The SMILES string of the molecule is COC(=O)C=Cc1cccc(Br)c1.C[Si](C)(C)Cl. The van der Waals surface area contributed by atoms with Gasteiger partial charge in [0, 0.05) is 10.5 Å². The highest BCUT2D eigenvalue weighted by molar-refractivity contribution is 9.10. The summed E-state index contributed by atoms with van der Waals surface area (Å²) in [5.74, 6) is -0.347. The van der Waals surface area contributed by atoms with Gasteiger partial charge in [-0.25, -0.2) is 4.79 Å². The molecule has 0 N–H and O–H groups in total. The van der Waals surface area contributed by atoms with E-state index < -0.39 is 7.38 Å². The summed E-state index contributed by atoms with van der Waals surface area (Å²) >= 11 is 9.01. The van der Waals surface area contributed by atoms with E-state index in [2.05, 4.69) is 40.3 Å². The summed E-state index contributed by atoms with van der Waals surface area (Å²) < 4.78 is 5.45. The van der Waals surface area contributed by atoms with Crippen LogP contribution in [-0.2, 0) is 9.53 Å². The topological polar surface area (TPSA) is 26.3 Å². The van der Waals surface area contributed by atoms with Gasteiger partial charge >= 0.3 is 5.97 Å². The minimum atomic E-state index is -1.14. The number of carbonyl (C=O) groups excluding carboxylic acids is 1. The van der Waals surface area contributed by atoms with Crippen LogP contribution in [-0.4, -0.2) is 20.5 Å². The van der Waals surface area contributed by atoms with Crippen LogP contribution in [0.2, 0.25) is 19.6 Å². The van der Waals surface area contributed by atoms with Crippen molar-refractivity contribution in [3.05, 3.63) is 40.4 Å². The second-order valence-electron chi connectivity index (χ2n) is 4.48. The Kier molecular flexibility index (Phi) is 8.23. The Hall–Kier alpha value is -0.583. The normalized spacial score (nSPS) is 10.8. The van der Waals surface area contributed by atoms with Crippen molar-refractivity contribution in [1.29, 1.82) is 0 Å². The average Bonchev–Trinajstić information content (AvgIpc) is 2.23. The zero-order valence-electron chi connectivity index (χ0n) is 11.0. The maximum absolute atomic E-state index is 10.7. The summed E-state index contributed by atoms with van der Waals surface area (Å²) in [4.78, 5) is 10.7. The maximum atomic E-state index is 10.7. The third-order valence-corrected chi connectivity index (χ3v) is 1.95. The highest BCUT2D eigenvalue weighted by Gasteiger charge is 2.04. The zero-order chi connectivity index (χ0) is 14.2. The van der Waals surface area contributed by atoms with Crippen LogP contribution in [0.4, 0.5) is 0 Å². The predicted octanol–water partition coefficient (Wildman–Crippen LogP) is 4.70. The molecule has 0 spiro atoms. The molecule has 0 bridgehead atoms. The number of methoxy groups -OCH3 is 1. The molecule has 0 amide bonds. The molecule has 0 aliphatic rings. The van der Waals surface area contributed by atoms with Gasteiger partial charge in [-0.05, 0) is 23.8 Å². The molecule has 2 nitrogen and oxygen atoms in total. The fraction of sp³-hybridized carbons (Fsp3) is 0.308. The molecular formula is C13H18BrClO2Si. The van der Waals surface area contributed by atoms with Gasteiger partial charge in [0.05, 0.1) is 7.11 Å². The number of rotatable bonds is 2. The van der Waals surface area contributed by atoms with Gasteiger partial charge in [0.15, 0.2) is 0 Å². The number of hydrogen-bond acceptors (Lipinski definition) is 2. The van der Waals surface area contributed by atoms with Crippen molar-refractivity contribution in [3.8, 4) is 0 Å². The summed E-state index contributed by atoms with van der Waals surface area (Å²) in [6.07, 6.45) is 3.10. The third-order valence-electron chi connectivity index (χ3n) is 1.46. The van der Waals surface area contributed by atoms with Crippen LogP contribution in [0.1, 0.15) is 5.56 Å². The van der Waals surface area contributed by atoms with E-state index in [9.17, 15) is 4.79 Å². The summed E-state index contributed by atoms with van der Waals surface area (Å²) in [7, 11) is 0.216. The van der Waals surface area contributed by atoms with Crippen LogP contribution in [0, 0.1) is 0 Å². The van der Waals surface area contributed by atoms with Gasteiger partial charge in [-0.2, -0.15) is 11.1 Å². The molecule has 1 rings (SSSR count). The Labute approximate surface area is 123 Å². The zero-order valence-corrected chi connectivity index (χ0v) is 14.4. The molecule has 0 fully saturated rings. The van der Waals surface area contributed by atoms with Gasteiger partial charge in [-0.3, -0.25) is 0 Å². The Bertz CT molecular complexity index is 408. The minimum absolute atomic E-state index is 0.347. The second kappa shape index (κ2) is 8.51. The van der Waals surface area contributed by atoms with Crippen molar-refractivity contribution in [1.82, 2.24) is 0 Å². The van der Waals surface area contributed by atoms with Gasteiger partial charge in [-0.1, -0.05) is 47.7 Å². The van der Waals surface area contributed by atoms with E-state index in [-0.39, 0.29) is 5.97 Å². The van der Waals surface area contributed by atoms with Crippen LogP contribution in [0.3, 0.4) is 0 Å². The minimum Gasteiger partial charge on any atom is -0.466 e. The van der Waals surface area contributed by atoms with Crippen molar-refractivity contribution < 1.29 is 9.53 Å². The van der Waals surface area contributed by atoms with E-state index in [1.54, 1.807) is 6.08 Å². The van der Waals surface area contributed by atoms with E-state index in [0.717, 1.165) is 10.0 Å². The summed E-state index contributed by atoms with van der Waals surface area (Å²) in [5, 5.41) is 0. The Morgan fingerprint density at radius 1 is 1.39 bits per heavy atom. The second-order valence-corrected chi connectivity index (χ2v) is 12.9. The van der Waals surface area contributed by atoms with E-state index >= 15 is 0 Å². The number of carbonyl (C=O) groups is 1. The largest absolute Gasteiger partial charge is 0.466 e. The van der Waals surface area contributed by atoms with Crippen molar-refractivity contribution in [2.75, 3.05) is 7.11 Å². The third kappa shape index (κ3) is 11.9. The molecule has 0 atom stereocenters. The van der Waals surface area contributed by atoms with E-state index in [0.29, 0.717) is 0 Å². The van der Waals surface area contributed by atoms with Crippen molar-refractivity contribution in [2.45, 2.75) is 19.6 Å². The lowest BCUT2D eigenvalue weighted by molar-refractivity contribution is -0.134. The highest BCUT2D eigenvalue weighted by Crippen LogP contribution is 2.12. The summed E-state index contributed by atoms with van der Waals surface area (Å²) in [6.45, 7) is 6.28. The number of esters is 1. The molecule has 5 heteroatoms. The Morgan fingerprint density at radius 3 is 2.39 bits per heavy atom. The first-order valence-electron chi connectivity index (χ1n) is 5.43. The fourth-order valence-corrected chi connectivity index (χ4v) is 1.26. The number of benzene rings is 1. The van der Waals surface area contributed by atoms with Crippen LogP contribution in [0.5, 0.6) is 0 Å². The van der Waals surface area contributed by atoms with E-state index in [4.69, 9.17) is 11.1 Å². The van der Waals surface area contributed by atoms with E-state index in [1.165, 1.54) is 13.2 Å². The number of halogens is 2. The number of ether oxygens (including phenoxy) is 1. The lowest BCUT2D eigenvalue weighted by Crippen LogP contribution is -2.06. The van der Waals surface area contributed by atoms with Gasteiger partial charge in [-0.15, -0.1) is 0 Å². The molecule has 1 aromatic carbocycles. The number of hydrogen-bond donors (Lipinski definition) is 0. The van der Waals surface area contributed by atoms with Gasteiger partial charge in [0.1, 0.15) is 7.38 Å². The van der Waals surface area contributed by atoms with Crippen LogP contribution in [0.25, 0.3) is 6.08 Å². The van der Waals surface area contributed by atoms with Crippen molar-refractivity contribution >= 4 is 46.4 Å². The average molecular weight is 350 g/mol. The van der Waals surface area contributed by atoms with E-state index in [1.807, 2.05) is 24.3 Å². The summed E-state index contributed by atoms with van der Waals surface area (Å²) in [6, 6.07) is 7.65. The molecule has 0 aliphatic carbocycles. The first-order valence-corrected chi connectivity index (χ1v) is 10.7. The van der Waals surface area contributed by atoms with Gasteiger partial charge in [0.25, 0.3) is 0 Å². The molecule has 1 aromatic rings. The first kappa shape index (κ1) is 17.4. The van der Waals surface area contributed by atoms with Crippen molar-refractivity contribution in [3.63, 3.8) is 0 Å².